The maximum atomic E-state index is 12.5. The quantitative estimate of drug-likeness (QED) is 0.242. The number of carbonyl (C=O) groups is 2. The van der Waals surface area contributed by atoms with Crippen LogP contribution in [0.1, 0.15) is 66.2 Å². The molecule has 2 rings (SSSR count). The number of esters is 2. The zero-order chi connectivity index (χ0) is 20.4. The summed E-state index contributed by atoms with van der Waals surface area (Å²) >= 11 is 11.9. The highest BCUT2D eigenvalue weighted by Crippen LogP contribution is 2.28. The number of hydrogen-bond donors (Lipinski definition) is 0. The summed E-state index contributed by atoms with van der Waals surface area (Å²) < 4.78 is 10.6. The maximum Gasteiger partial charge on any atom is 0.344 e. The Bertz CT molecular complexity index is 805. The Morgan fingerprint density at radius 1 is 0.857 bits per heavy atom. The van der Waals surface area contributed by atoms with Crippen LogP contribution in [0.25, 0.3) is 0 Å². The van der Waals surface area contributed by atoms with Gasteiger partial charge >= 0.3 is 11.9 Å². The molecule has 0 N–H and O–H groups in total. The van der Waals surface area contributed by atoms with Crippen molar-refractivity contribution in [1.29, 1.82) is 0 Å². The lowest BCUT2D eigenvalue weighted by molar-refractivity contribution is 0.0489. The molecule has 0 aliphatic carbocycles. The normalized spacial score (nSPS) is 10.5. The van der Waals surface area contributed by atoms with Gasteiger partial charge in [-0.2, -0.15) is 0 Å². The van der Waals surface area contributed by atoms with Crippen molar-refractivity contribution in [3.05, 3.63) is 63.6 Å². The van der Waals surface area contributed by atoms with Crippen molar-refractivity contribution in [3.8, 4) is 5.75 Å². The molecule has 150 valence electrons. The van der Waals surface area contributed by atoms with E-state index in [1.54, 1.807) is 24.3 Å². The molecular formula is C22H24Cl2O4. The van der Waals surface area contributed by atoms with Crippen molar-refractivity contribution in [2.75, 3.05) is 6.61 Å². The summed E-state index contributed by atoms with van der Waals surface area (Å²) in [5.41, 5.74) is 0.281. The van der Waals surface area contributed by atoms with Crippen LogP contribution in [-0.2, 0) is 4.74 Å². The topological polar surface area (TPSA) is 52.6 Å². The van der Waals surface area contributed by atoms with E-state index in [0.29, 0.717) is 11.6 Å². The first-order valence-electron chi connectivity index (χ1n) is 9.46. The van der Waals surface area contributed by atoms with Gasteiger partial charge in [0.15, 0.2) is 5.75 Å². The van der Waals surface area contributed by atoms with Crippen LogP contribution in [0.4, 0.5) is 0 Å². The zero-order valence-electron chi connectivity index (χ0n) is 15.9. The molecule has 2 aromatic carbocycles. The van der Waals surface area contributed by atoms with E-state index in [2.05, 4.69) is 6.92 Å². The van der Waals surface area contributed by atoms with Gasteiger partial charge < -0.3 is 9.47 Å². The fraction of sp³-hybridized carbons (Fsp3) is 0.364. The van der Waals surface area contributed by atoms with E-state index >= 15 is 0 Å². The van der Waals surface area contributed by atoms with Gasteiger partial charge in [0.2, 0.25) is 0 Å². The van der Waals surface area contributed by atoms with Crippen LogP contribution in [0.5, 0.6) is 5.75 Å². The summed E-state index contributed by atoms with van der Waals surface area (Å²) in [5, 5.41) is 0.639. The molecule has 0 atom stereocenters. The van der Waals surface area contributed by atoms with Crippen LogP contribution in [0.3, 0.4) is 0 Å². The number of unbranched alkanes of at least 4 members (excludes halogenated alkanes) is 5. The van der Waals surface area contributed by atoms with Gasteiger partial charge in [-0.15, -0.1) is 0 Å². The average molecular weight is 423 g/mol. The number of ether oxygens (including phenoxy) is 2. The third-order valence-electron chi connectivity index (χ3n) is 4.19. The fourth-order valence-corrected chi connectivity index (χ4v) is 2.99. The second kappa shape index (κ2) is 11.7. The van der Waals surface area contributed by atoms with E-state index in [-0.39, 0.29) is 21.9 Å². The van der Waals surface area contributed by atoms with Gasteiger partial charge in [-0.05, 0) is 30.7 Å². The minimum absolute atomic E-state index is 0.117. The molecule has 0 saturated heterocycles. The van der Waals surface area contributed by atoms with E-state index in [1.807, 2.05) is 0 Å². The van der Waals surface area contributed by atoms with Gasteiger partial charge in [-0.3, -0.25) is 0 Å². The Morgan fingerprint density at radius 3 is 2.21 bits per heavy atom. The van der Waals surface area contributed by atoms with Gasteiger partial charge in [0.1, 0.15) is 0 Å². The van der Waals surface area contributed by atoms with Crippen LogP contribution >= 0.6 is 23.2 Å². The van der Waals surface area contributed by atoms with Crippen molar-refractivity contribution in [2.45, 2.75) is 45.4 Å². The molecule has 28 heavy (non-hydrogen) atoms. The maximum absolute atomic E-state index is 12.5. The van der Waals surface area contributed by atoms with Crippen LogP contribution in [-0.4, -0.2) is 18.5 Å². The Morgan fingerprint density at radius 2 is 1.50 bits per heavy atom. The average Bonchev–Trinajstić information content (AvgIpc) is 2.70. The summed E-state index contributed by atoms with van der Waals surface area (Å²) in [7, 11) is 0. The summed E-state index contributed by atoms with van der Waals surface area (Å²) in [4.78, 5) is 24.9. The molecule has 0 fully saturated rings. The third-order valence-corrected chi connectivity index (χ3v) is 4.74. The Labute approximate surface area is 175 Å². The Hall–Kier alpha value is -2.04. The first-order valence-corrected chi connectivity index (χ1v) is 10.2. The monoisotopic (exact) mass is 422 g/mol. The Kier molecular flexibility index (Phi) is 9.32. The van der Waals surface area contributed by atoms with Crippen LogP contribution in [0.15, 0.2) is 42.5 Å². The molecule has 0 unspecified atom stereocenters. The van der Waals surface area contributed by atoms with Crippen molar-refractivity contribution in [1.82, 2.24) is 0 Å². The molecule has 0 spiro atoms. The molecule has 0 saturated carbocycles. The molecule has 2 aromatic rings. The summed E-state index contributed by atoms with van der Waals surface area (Å²) in [6, 6.07) is 11.0. The molecule has 0 aliphatic heterocycles. The van der Waals surface area contributed by atoms with Crippen molar-refractivity contribution < 1.29 is 19.1 Å². The smallest absolute Gasteiger partial charge is 0.344 e. The number of rotatable bonds is 10. The predicted octanol–water partition coefficient (Wildman–Crippen LogP) is 6.73. The molecule has 0 aromatic heterocycles. The van der Waals surface area contributed by atoms with Crippen LogP contribution in [0.2, 0.25) is 10.0 Å². The third kappa shape index (κ3) is 6.84. The standard InChI is InChI=1S/C22H24Cl2O4/c1-2-3-4-5-6-9-14-27-21(25)17-10-7-8-11-18(17)22(26)28-20-15-16(23)12-13-19(20)24/h7-8,10-13,15H,2-6,9,14H2,1H3. The zero-order valence-corrected chi connectivity index (χ0v) is 17.4. The van der Waals surface area contributed by atoms with Gasteiger partial charge in [0.25, 0.3) is 0 Å². The minimum Gasteiger partial charge on any atom is -0.462 e. The van der Waals surface area contributed by atoms with Crippen molar-refractivity contribution >= 4 is 35.1 Å². The molecule has 0 radical (unpaired) electrons. The van der Waals surface area contributed by atoms with E-state index in [1.165, 1.54) is 37.5 Å². The largest absolute Gasteiger partial charge is 0.462 e. The molecular weight excluding hydrogens is 399 g/mol. The predicted molar refractivity (Wildman–Crippen MR) is 112 cm³/mol. The van der Waals surface area contributed by atoms with Gasteiger partial charge in [0.05, 0.1) is 22.8 Å². The molecule has 0 amide bonds. The minimum atomic E-state index is -0.698. The van der Waals surface area contributed by atoms with E-state index < -0.39 is 11.9 Å². The number of halogens is 2. The highest BCUT2D eigenvalue weighted by atomic mass is 35.5. The van der Waals surface area contributed by atoms with E-state index in [9.17, 15) is 9.59 Å². The summed E-state index contributed by atoms with van der Waals surface area (Å²) in [5.74, 6) is -1.11. The molecule has 6 heteroatoms. The highest BCUT2D eigenvalue weighted by molar-refractivity contribution is 6.34. The lowest BCUT2D eigenvalue weighted by atomic mass is 10.1. The second-order valence-corrected chi connectivity index (χ2v) is 7.26. The number of carbonyl (C=O) groups excluding carboxylic acids is 2. The first kappa shape index (κ1) is 22.3. The fourth-order valence-electron chi connectivity index (χ4n) is 2.67. The molecule has 4 nitrogen and oxygen atoms in total. The Balaban J connectivity index is 1.96. The van der Waals surface area contributed by atoms with Crippen LogP contribution < -0.4 is 4.74 Å². The lowest BCUT2D eigenvalue weighted by Crippen LogP contribution is -2.16. The SMILES string of the molecule is CCCCCCCCOC(=O)c1ccccc1C(=O)Oc1cc(Cl)ccc1Cl. The van der Waals surface area contributed by atoms with Crippen molar-refractivity contribution in [3.63, 3.8) is 0 Å². The number of benzene rings is 2. The summed E-state index contributed by atoms with van der Waals surface area (Å²) in [6.45, 7) is 2.50. The lowest BCUT2D eigenvalue weighted by Gasteiger charge is -2.10. The number of hydrogen-bond acceptors (Lipinski definition) is 4. The second-order valence-electron chi connectivity index (χ2n) is 6.41. The first-order chi connectivity index (χ1) is 13.5. The summed E-state index contributed by atoms with van der Waals surface area (Å²) in [6.07, 6.45) is 6.58. The van der Waals surface area contributed by atoms with Crippen LogP contribution in [0, 0.1) is 0 Å². The van der Waals surface area contributed by atoms with Gasteiger partial charge in [0, 0.05) is 11.1 Å². The van der Waals surface area contributed by atoms with Crippen molar-refractivity contribution in [2.24, 2.45) is 0 Å². The van der Waals surface area contributed by atoms with Gasteiger partial charge in [-0.1, -0.05) is 74.4 Å². The molecule has 0 aliphatic rings. The van der Waals surface area contributed by atoms with Gasteiger partial charge in [-0.25, -0.2) is 9.59 Å². The molecule has 0 heterocycles. The van der Waals surface area contributed by atoms with E-state index in [4.69, 9.17) is 32.7 Å². The molecule has 0 bridgehead atoms. The highest BCUT2D eigenvalue weighted by Gasteiger charge is 2.20. The van der Waals surface area contributed by atoms with E-state index in [0.717, 1.165) is 19.3 Å².